The summed E-state index contributed by atoms with van der Waals surface area (Å²) in [4.78, 5) is 21.1. The minimum Gasteiger partial charge on any atom is -0.337 e. The zero-order valence-corrected chi connectivity index (χ0v) is 19.1. The Morgan fingerprint density at radius 2 is 1.94 bits per heavy atom. The van der Waals surface area contributed by atoms with Crippen LogP contribution < -0.4 is 0 Å². The SMILES string of the molecule is CN(Cc1nc(-c2cccc(Cl)c2)no1)C(=O)C1CCN(Cc2ccc(Cl)cc2F)CC1. The van der Waals surface area contributed by atoms with E-state index in [0.717, 1.165) is 31.5 Å². The molecule has 0 atom stereocenters. The summed E-state index contributed by atoms with van der Waals surface area (Å²) in [6, 6.07) is 11.9. The first kappa shape index (κ1) is 22.7. The molecule has 2 heterocycles. The summed E-state index contributed by atoms with van der Waals surface area (Å²) < 4.78 is 19.4. The van der Waals surface area contributed by atoms with E-state index in [9.17, 15) is 9.18 Å². The van der Waals surface area contributed by atoms with Gasteiger partial charge in [0.15, 0.2) is 0 Å². The van der Waals surface area contributed by atoms with Crippen LogP contribution in [0.3, 0.4) is 0 Å². The van der Waals surface area contributed by atoms with Gasteiger partial charge in [-0.1, -0.05) is 46.6 Å². The van der Waals surface area contributed by atoms with E-state index in [1.54, 1.807) is 36.2 Å². The van der Waals surface area contributed by atoms with Crippen LogP contribution in [0.15, 0.2) is 47.0 Å². The third-order valence-electron chi connectivity index (χ3n) is 5.65. The lowest BCUT2D eigenvalue weighted by Crippen LogP contribution is -2.40. The Labute approximate surface area is 195 Å². The van der Waals surface area contributed by atoms with Crippen LogP contribution in [-0.4, -0.2) is 46.0 Å². The van der Waals surface area contributed by atoms with Crippen LogP contribution in [0.25, 0.3) is 11.4 Å². The van der Waals surface area contributed by atoms with Crippen LogP contribution in [0.2, 0.25) is 10.0 Å². The molecule has 32 heavy (non-hydrogen) atoms. The molecule has 4 rings (SSSR count). The van der Waals surface area contributed by atoms with Gasteiger partial charge in [0.05, 0.1) is 6.54 Å². The summed E-state index contributed by atoms with van der Waals surface area (Å²) in [7, 11) is 1.74. The van der Waals surface area contributed by atoms with Gasteiger partial charge in [-0.2, -0.15) is 4.98 Å². The number of benzene rings is 2. The lowest BCUT2D eigenvalue weighted by molar-refractivity contribution is -0.136. The molecule has 2 aromatic carbocycles. The van der Waals surface area contributed by atoms with Gasteiger partial charge >= 0.3 is 0 Å². The molecule has 1 fully saturated rings. The number of piperidine rings is 1. The van der Waals surface area contributed by atoms with Gasteiger partial charge in [-0.3, -0.25) is 9.69 Å². The highest BCUT2D eigenvalue weighted by atomic mass is 35.5. The molecule has 168 valence electrons. The van der Waals surface area contributed by atoms with E-state index in [-0.39, 0.29) is 24.2 Å². The van der Waals surface area contributed by atoms with E-state index in [4.69, 9.17) is 27.7 Å². The molecule has 0 saturated carbocycles. The Kier molecular flexibility index (Phi) is 7.08. The maximum Gasteiger partial charge on any atom is 0.246 e. The average molecular weight is 477 g/mol. The first-order valence-corrected chi connectivity index (χ1v) is 11.1. The van der Waals surface area contributed by atoms with Crippen molar-refractivity contribution in [2.24, 2.45) is 5.92 Å². The molecular weight excluding hydrogens is 454 g/mol. The molecule has 0 unspecified atom stereocenters. The van der Waals surface area contributed by atoms with Gasteiger partial charge < -0.3 is 9.42 Å². The van der Waals surface area contributed by atoms with Crippen molar-refractivity contribution in [2.45, 2.75) is 25.9 Å². The summed E-state index contributed by atoms with van der Waals surface area (Å²) in [5, 5.41) is 4.96. The second kappa shape index (κ2) is 9.98. The zero-order chi connectivity index (χ0) is 22.7. The fraction of sp³-hybridized carbons (Fsp3) is 0.348. The smallest absolute Gasteiger partial charge is 0.246 e. The fourth-order valence-corrected chi connectivity index (χ4v) is 4.23. The van der Waals surface area contributed by atoms with E-state index in [1.165, 1.54) is 6.07 Å². The quantitative estimate of drug-likeness (QED) is 0.497. The van der Waals surface area contributed by atoms with Gasteiger partial charge in [-0.15, -0.1) is 0 Å². The van der Waals surface area contributed by atoms with Gasteiger partial charge in [0.1, 0.15) is 5.82 Å². The number of hydrogen-bond acceptors (Lipinski definition) is 5. The number of halogens is 3. The van der Waals surface area contributed by atoms with Crippen molar-refractivity contribution >= 4 is 29.1 Å². The van der Waals surface area contributed by atoms with Crippen LogP contribution in [-0.2, 0) is 17.9 Å². The topological polar surface area (TPSA) is 62.5 Å². The Morgan fingerprint density at radius 1 is 1.19 bits per heavy atom. The number of amides is 1. The normalized spacial score (nSPS) is 15.1. The minimum absolute atomic E-state index is 0.0461. The maximum atomic E-state index is 14.1. The molecule has 1 saturated heterocycles. The maximum absolute atomic E-state index is 14.1. The molecule has 6 nitrogen and oxygen atoms in total. The highest BCUT2D eigenvalue weighted by Gasteiger charge is 2.28. The first-order valence-electron chi connectivity index (χ1n) is 10.4. The highest BCUT2D eigenvalue weighted by Crippen LogP contribution is 2.24. The van der Waals surface area contributed by atoms with Crippen LogP contribution in [0, 0.1) is 11.7 Å². The van der Waals surface area contributed by atoms with Crippen molar-refractivity contribution in [3.63, 3.8) is 0 Å². The van der Waals surface area contributed by atoms with Crippen LogP contribution in [0.5, 0.6) is 0 Å². The number of likely N-dealkylation sites (tertiary alicyclic amines) is 1. The third-order valence-corrected chi connectivity index (χ3v) is 6.12. The Morgan fingerprint density at radius 3 is 2.66 bits per heavy atom. The van der Waals surface area contributed by atoms with Crippen LogP contribution >= 0.6 is 23.2 Å². The first-order chi connectivity index (χ1) is 15.4. The predicted molar refractivity (Wildman–Crippen MR) is 121 cm³/mol. The van der Waals surface area contributed by atoms with E-state index >= 15 is 0 Å². The van der Waals surface area contributed by atoms with Crippen molar-refractivity contribution in [1.82, 2.24) is 19.9 Å². The Balaban J connectivity index is 1.29. The number of nitrogens with zero attached hydrogens (tertiary/aromatic N) is 4. The van der Waals surface area contributed by atoms with E-state index in [0.29, 0.717) is 33.9 Å². The van der Waals surface area contributed by atoms with Gasteiger partial charge in [0.2, 0.25) is 17.6 Å². The molecular formula is C23H23Cl2FN4O2. The van der Waals surface area contributed by atoms with Crippen molar-refractivity contribution in [3.8, 4) is 11.4 Å². The molecule has 0 spiro atoms. The molecule has 0 radical (unpaired) electrons. The summed E-state index contributed by atoms with van der Waals surface area (Å²) in [6.07, 6.45) is 1.44. The molecule has 0 N–H and O–H groups in total. The second-order valence-corrected chi connectivity index (χ2v) is 8.88. The van der Waals surface area contributed by atoms with Gasteiger partial charge in [-0.25, -0.2) is 4.39 Å². The minimum atomic E-state index is -0.299. The lowest BCUT2D eigenvalue weighted by atomic mass is 9.95. The average Bonchev–Trinajstić information content (AvgIpc) is 3.24. The van der Waals surface area contributed by atoms with E-state index in [1.807, 2.05) is 12.1 Å². The molecule has 3 aromatic rings. The number of aromatic nitrogens is 2. The molecule has 1 aromatic heterocycles. The lowest BCUT2D eigenvalue weighted by Gasteiger charge is -2.33. The second-order valence-electron chi connectivity index (χ2n) is 8.00. The van der Waals surface area contributed by atoms with Crippen molar-refractivity contribution in [3.05, 3.63) is 69.8 Å². The van der Waals surface area contributed by atoms with Crippen molar-refractivity contribution < 1.29 is 13.7 Å². The fourth-order valence-electron chi connectivity index (χ4n) is 3.89. The van der Waals surface area contributed by atoms with Gasteiger partial charge in [-0.05, 0) is 50.2 Å². The summed E-state index contributed by atoms with van der Waals surface area (Å²) in [6.45, 7) is 2.20. The largest absolute Gasteiger partial charge is 0.337 e. The van der Waals surface area contributed by atoms with Crippen molar-refractivity contribution in [1.29, 1.82) is 0 Å². The molecule has 0 aliphatic carbocycles. The summed E-state index contributed by atoms with van der Waals surface area (Å²) >= 11 is 11.8. The molecule has 1 aliphatic rings. The number of hydrogen-bond donors (Lipinski definition) is 0. The number of rotatable bonds is 6. The molecule has 0 bridgehead atoms. The highest BCUT2D eigenvalue weighted by molar-refractivity contribution is 6.31. The predicted octanol–water partition coefficient (Wildman–Crippen LogP) is 5.05. The molecule has 1 amide bonds. The number of carbonyl (C=O) groups is 1. The van der Waals surface area contributed by atoms with E-state index < -0.39 is 0 Å². The van der Waals surface area contributed by atoms with E-state index in [2.05, 4.69) is 15.0 Å². The zero-order valence-electron chi connectivity index (χ0n) is 17.6. The third kappa shape index (κ3) is 5.46. The Hall–Kier alpha value is -2.48. The molecule has 1 aliphatic heterocycles. The monoisotopic (exact) mass is 476 g/mol. The molecule has 9 heteroatoms. The summed E-state index contributed by atoms with van der Waals surface area (Å²) in [5.74, 6) is 0.469. The van der Waals surface area contributed by atoms with Crippen molar-refractivity contribution in [2.75, 3.05) is 20.1 Å². The van der Waals surface area contributed by atoms with Crippen LogP contribution in [0.1, 0.15) is 24.3 Å². The van der Waals surface area contributed by atoms with Crippen LogP contribution in [0.4, 0.5) is 4.39 Å². The number of carbonyl (C=O) groups excluding carboxylic acids is 1. The van der Waals surface area contributed by atoms with Gasteiger partial charge in [0, 0.05) is 40.7 Å². The standard InChI is InChI=1S/C23H23Cl2FN4O2/c1-29(14-21-27-22(28-32-21)16-3-2-4-18(24)11-16)23(31)15-7-9-30(10-8-15)13-17-5-6-19(25)12-20(17)26/h2-6,11-12,15H,7-10,13-14H2,1H3. The van der Waals surface area contributed by atoms with Gasteiger partial charge in [0.25, 0.3) is 0 Å². The Bertz CT molecular complexity index is 1100. The summed E-state index contributed by atoms with van der Waals surface area (Å²) in [5.41, 5.74) is 1.37.